The molecule has 0 radical (unpaired) electrons. The van der Waals surface area contributed by atoms with Crippen molar-refractivity contribution >= 4 is 23.6 Å². The third-order valence-electron chi connectivity index (χ3n) is 2.85. The van der Waals surface area contributed by atoms with Crippen molar-refractivity contribution < 1.29 is 4.79 Å². The summed E-state index contributed by atoms with van der Waals surface area (Å²) in [6.45, 7) is 5.72. The van der Waals surface area contributed by atoms with E-state index in [0.717, 1.165) is 17.1 Å². The highest BCUT2D eigenvalue weighted by Gasteiger charge is 2.10. The fraction of sp³-hybridized carbons (Fsp3) is 0.385. The fourth-order valence-corrected chi connectivity index (χ4v) is 2.47. The van der Waals surface area contributed by atoms with Crippen LogP contribution in [0.5, 0.6) is 0 Å². The highest BCUT2D eigenvalue weighted by atomic mass is 32.2. The van der Waals surface area contributed by atoms with Crippen LogP contribution in [0, 0.1) is 13.8 Å². The maximum atomic E-state index is 12.0. The summed E-state index contributed by atoms with van der Waals surface area (Å²) in [5.41, 5.74) is 1.43. The summed E-state index contributed by atoms with van der Waals surface area (Å²) in [4.78, 5) is 27.5. The number of aromatic nitrogens is 4. The molecule has 21 heavy (non-hydrogen) atoms. The zero-order chi connectivity index (χ0) is 15.4. The Kier molecular flexibility index (Phi) is 4.79. The summed E-state index contributed by atoms with van der Waals surface area (Å²) in [5, 5.41) is 9.91. The van der Waals surface area contributed by atoms with E-state index < -0.39 is 0 Å². The number of rotatable bonds is 5. The Hall–Kier alpha value is -2.09. The maximum Gasteiger partial charge on any atom is 0.246 e. The van der Waals surface area contributed by atoms with Crippen molar-refractivity contribution in [3.63, 3.8) is 0 Å². The number of H-pyrrole nitrogens is 1. The van der Waals surface area contributed by atoms with Gasteiger partial charge in [-0.05, 0) is 19.6 Å². The number of nitrogens with one attached hydrogen (secondary N) is 2. The Labute approximate surface area is 126 Å². The lowest BCUT2D eigenvalue weighted by molar-refractivity contribution is -0.116. The molecule has 0 spiro atoms. The second kappa shape index (κ2) is 6.57. The summed E-state index contributed by atoms with van der Waals surface area (Å²) in [5.74, 6) is 0.961. The molecule has 0 saturated heterocycles. The van der Waals surface area contributed by atoms with E-state index >= 15 is 0 Å². The molecule has 1 amide bonds. The molecule has 8 heteroatoms. The first-order chi connectivity index (χ1) is 9.99. The van der Waals surface area contributed by atoms with Gasteiger partial charge in [0.15, 0.2) is 5.43 Å². The van der Waals surface area contributed by atoms with Crippen LogP contribution in [0.1, 0.15) is 18.3 Å². The Morgan fingerprint density at radius 1 is 1.38 bits per heavy atom. The van der Waals surface area contributed by atoms with Gasteiger partial charge in [-0.2, -0.15) is 4.98 Å². The van der Waals surface area contributed by atoms with Crippen molar-refractivity contribution in [1.29, 1.82) is 0 Å². The molecule has 112 valence electrons. The van der Waals surface area contributed by atoms with Crippen molar-refractivity contribution in [2.45, 2.75) is 32.5 Å². The first kappa shape index (κ1) is 15.3. The van der Waals surface area contributed by atoms with Gasteiger partial charge in [0.1, 0.15) is 6.54 Å². The average Bonchev–Trinajstić information content (AvgIpc) is 2.81. The molecule has 2 aromatic heterocycles. The molecule has 0 atom stereocenters. The van der Waals surface area contributed by atoms with E-state index in [1.165, 1.54) is 23.9 Å². The van der Waals surface area contributed by atoms with Crippen LogP contribution in [-0.4, -0.2) is 31.4 Å². The van der Waals surface area contributed by atoms with Crippen molar-refractivity contribution in [2.75, 3.05) is 11.1 Å². The van der Waals surface area contributed by atoms with Crippen LogP contribution < -0.4 is 10.7 Å². The minimum atomic E-state index is -0.228. The van der Waals surface area contributed by atoms with Gasteiger partial charge in [-0.1, -0.05) is 18.7 Å². The molecule has 0 unspecified atom stereocenters. The van der Waals surface area contributed by atoms with Crippen LogP contribution in [-0.2, 0) is 11.3 Å². The molecule has 2 heterocycles. The highest BCUT2D eigenvalue weighted by Crippen LogP contribution is 2.13. The molecule has 0 aliphatic heterocycles. The van der Waals surface area contributed by atoms with Crippen molar-refractivity contribution in [3.05, 3.63) is 33.7 Å². The van der Waals surface area contributed by atoms with E-state index in [9.17, 15) is 9.59 Å². The van der Waals surface area contributed by atoms with Gasteiger partial charge >= 0.3 is 0 Å². The molecule has 0 fully saturated rings. The third-order valence-corrected chi connectivity index (χ3v) is 3.58. The second-order valence-corrected chi connectivity index (χ2v) is 5.74. The quantitative estimate of drug-likeness (QED) is 0.813. The van der Waals surface area contributed by atoms with E-state index in [0.29, 0.717) is 11.1 Å². The molecule has 7 nitrogen and oxygen atoms in total. The summed E-state index contributed by atoms with van der Waals surface area (Å²) in [7, 11) is 0. The van der Waals surface area contributed by atoms with Crippen LogP contribution in [0.25, 0.3) is 0 Å². The molecule has 0 saturated carbocycles. The van der Waals surface area contributed by atoms with E-state index in [-0.39, 0.29) is 17.9 Å². The van der Waals surface area contributed by atoms with Crippen LogP contribution >= 0.6 is 11.8 Å². The lowest BCUT2D eigenvalue weighted by atomic mass is 10.3. The first-order valence-electron chi connectivity index (χ1n) is 6.52. The Morgan fingerprint density at radius 3 is 2.67 bits per heavy atom. The van der Waals surface area contributed by atoms with Crippen LogP contribution in [0.15, 0.2) is 22.1 Å². The molecule has 0 aliphatic carbocycles. The van der Waals surface area contributed by atoms with Gasteiger partial charge in [-0.15, -0.1) is 5.10 Å². The summed E-state index contributed by atoms with van der Waals surface area (Å²) in [6.07, 6.45) is 0. The molecule has 0 aliphatic rings. The topological polar surface area (TPSA) is 92.7 Å². The zero-order valence-electron chi connectivity index (χ0n) is 12.1. The number of carbonyl (C=O) groups excluding carboxylic acids is 1. The molecular formula is C13H17N5O2S. The summed E-state index contributed by atoms with van der Waals surface area (Å²) >= 11 is 1.49. The van der Waals surface area contributed by atoms with Gasteiger partial charge in [0, 0.05) is 23.5 Å². The van der Waals surface area contributed by atoms with Gasteiger partial charge < -0.3 is 4.57 Å². The molecule has 0 aromatic carbocycles. The first-order valence-corrected chi connectivity index (χ1v) is 7.51. The van der Waals surface area contributed by atoms with Gasteiger partial charge in [0.2, 0.25) is 17.0 Å². The summed E-state index contributed by atoms with van der Waals surface area (Å²) in [6, 6.07) is 3.01. The second-order valence-electron chi connectivity index (χ2n) is 4.51. The van der Waals surface area contributed by atoms with Gasteiger partial charge in [-0.25, -0.2) is 5.10 Å². The molecular weight excluding hydrogens is 290 g/mol. The van der Waals surface area contributed by atoms with E-state index in [4.69, 9.17) is 0 Å². The number of nitrogens with zero attached hydrogens (tertiary/aromatic N) is 3. The van der Waals surface area contributed by atoms with Crippen molar-refractivity contribution in [1.82, 2.24) is 19.7 Å². The monoisotopic (exact) mass is 307 g/mol. The third kappa shape index (κ3) is 3.94. The van der Waals surface area contributed by atoms with Gasteiger partial charge in [0.25, 0.3) is 0 Å². The molecule has 0 bridgehead atoms. The minimum absolute atomic E-state index is 0.0573. The van der Waals surface area contributed by atoms with Gasteiger partial charge in [0.05, 0.1) is 0 Å². The largest absolute Gasteiger partial charge is 0.340 e. The number of hydrogen-bond acceptors (Lipinski definition) is 5. The number of thioether (sulfide) groups is 1. The standard InChI is InChI=1S/C13H17N5O2S/c1-4-21-13-15-12(16-17-13)14-11(20)7-18-8(2)5-10(19)6-9(18)3/h5-6H,4,7H2,1-3H3,(H2,14,15,16,17,20). The van der Waals surface area contributed by atoms with Crippen LogP contribution in [0.2, 0.25) is 0 Å². The Bertz CT molecular complexity index is 681. The number of anilines is 1. The molecule has 2 aromatic rings. The van der Waals surface area contributed by atoms with Gasteiger partial charge in [-0.3, -0.25) is 14.9 Å². The van der Waals surface area contributed by atoms with E-state index in [1.54, 1.807) is 18.4 Å². The zero-order valence-corrected chi connectivity index (χ0v) is 13.0. The highest BCUT2D eigenvalue weighted by molar-refractivity contribution is 7.99. The predicted molar refractivity (Wildman–Crippen MR) is 81.6 cm³/mol. The normalized spacial score (nSPS) is 10.6. The van der Waals surface area contributed by atoms with E-state index in [2.05, 4.69) is 20.5 Å². The SMILES string of the molecule is CCSc1n[nH]c(NC(=O)Cn2c(C)cc(=O)cc2C)n1. The van der Waals surface area contributed by atoms with Crippen LogP contribution in [0.3, 0.4) is 0 Å². The smallest absolute Gasteiger partial charge is 0.246 e. The Morgan fingerprint density at radius 2 is 2.05 bits per heavy atom. The van der Waals surface area contributed by atoms with E-state index in [1.807, 2.05) is 6.92 Å². The van der Waals surface area contributed by atoms with Crippen LogP contribution in [0.4, 0.5) is 5.95 Å². The van der Waals surface area contributed by atoms with Crippen molar-refractivity contribution in [3.8, 4) is 0 Å². The fourth-order valence-electron chi connectivity index (χ4n) is 1.95. The number of amides is 1. The molecule has 2 rings (SSSR count). The average molecular weight is 307 g/mol. The van der Waals surface area contributed by atoms with Crippen molar-refractivity contribution in [2.24, 2.45) is 0 Å². The summed E-state index contributed by atoms with van der Waals surface area (Å²) < 4.78 is 1.77. The number of aromatic amines is 1. The lowest BCUT2D eigenvalue weighted by Crippen LogP contribution is -2.23. The lowest BCUT2D eigenvalue weighted by Gasteiger charge is -2.13. The number of aryl methyl sites for hydroxylation is 2. The molecule has 2 N–H and O–H groups in total. The maximum absolute atomic E-state index is 12.0. The number of hydrogen-bond donors (Lipinski definition) is 2. The number of carbonyl (C=O) groups is 1. The Balaban J connectivity index is 2.06. The minimum Gasteiger partial charge on any atom is -0.340 e. The predicted octanol–water partition coefficient (Wildman–Crippen LogP) is 1.33. The number of pyridine rings is 1.